The number of amidine groups is 1. The van der Waals surface area contributed by atoms with Gasteiger partial charge in [0.15, 0.2) is 0 Å². The van der Waals surface area contributed by atoms with Crippen LogP contribution >= 0.6 is 0 Å². The second-order valence-corrected chi connectivity index (χ2v) is 5.44. The molecule has 1 aliphatic carbocycles. The average molecular weight is 249 g/mol. The molecule has 1 heterocycles. The molecule has 2 atom stereocenters. The van der Waals surface area contributed by atoms with Crippen molar-refractivity contribution in [2.45, 2.75) is 51.0 Å². The van der Waals surface area contributed by atoms with E-state index in [1.165, 1.54) is 12.8 Å². The normalized spacial score (nSPS) is 32.5. The lowest BCUT2D eigenvalue weighted by atomic mass is 9.87. The van der Waals surface area contributed by atoms with Crippen LogP contribution in [0.5, 0.6) is 0 Å². The Morgan fingerprint density at radius 3 is 3.00 bits per heavy atom. The topological polar surface area (TPSA) is 56.2 Å². The summed E-state index contributed by atoms with van der Waals surface area (Å²) in [4.78, 5) is 13.7. The van der Waals surface area contributed by atoms with Crippen LogP contribution in [0.4, 0.5) is 4.79 Å². The van der Waals surface area contributed by atoms with E-state index in [0.29, 0.717) is 12.4 Å². The molecule has 18 heavy (non-hydrogen) atoms. The molecule has 0 aromatic heterocycles. The fourth-order valence-corrected chi connectivity index (χ4v) is 3.33. The average Bonchev–Trinajstić information content (AvgIpc) is 2.55. The maximum Gasteiger partial charge on any atom is 0.323 e. The zero-order chi connectivity index (χ0) is 13.2. The zero-order valence-corrected chi connectivity index (χ0v) is 11.2. The second-order valence-electron chi connectivity index (χ2n) is 5.44. The first-order valence-electron chi connectivity index (χ1n) is 6.92. The number of hydrogen-bond donors (Lipinski definition) is 2. The van der Waals surface area contributed by atoms with E-state index in [-0.39, 0.29) is 11.6 Å². The summed E-state index contributed by atoms with van der Waals surface area (Å²) in [5.41, 5.74) is -0.380. The van der Waals surface area contributed by atoms with Crippen molar-refractivity contribution >= 4 is 11.9 Å². The minimum absolute atomic E-state index is 0.130. The predicted octanol–water partition coefficient (Wildman–Crippen LogP) is 2.90. The Morgan fingerprint density at radius 2 is 2.33 bits per heavy atom. The molecule has 0 bridgehead atoms. The molecule has 2 unspecified atom stereocenters. The van der Waals surface area contributed by atoms with Gasteiger partial charge in [-0.15, -0.1) is 6.58 Å². The molecule has 2 aliphatic rings. The smallest absolute Gasteiger partial charge is 0.308 e. The number of urea groups is 1. The van der Waals surface area contributed by atoms with Gasteiger partial charge in [0.2, 0.25) is 0 Å². The van der Waals surface area contributed by atoms with Gasteiger partial charge in [0.05, 0.1) is 0 Å². The number of nitrogens with zero attached hydrogens (tertiary/aromatic N) is 1. The highest BCUT2D eigenvalue weighted by molar-refractivity contribution is 6.08. The van der Waals surface area contributed by atoms with Crippen LogP contribution in [0, 0.1) is 11.3 Å². The van der Waals surface area contributed by atoms with Gasteiger partial charge in [-0.25, -0.2) is 4.79 Å². The summed E-state index contributed by atoms with van der Waals surface area (Å²) in [7, 11) is 0. The molecular formula is C14H23N3O. The van der Waals surface area contributed by atoms with E-state index < -0.39 is 0 Å². The van der Waals surface area contributed by atoms with Gasteiger partial charge in [0, 0.05) is 6.54 Å². The van der Waals surface area contributed by atoms with Gasteiger partial charge in [0.1, 0.15) is 11.4 Å². The van der Waals surface area contributed by atoms with Gasteiger partial charge < -0.3 is 4.90 Å². The third-order valence-electron chi connectivity index (χ3n) is 4.52. The van der Waals surface area contributed by atoms with Crippen molar-refractivity contribution in [3.63, 3.8) is 0 Å². The fraction of sp³-hybridized carbons (Fsp3) is 0.714. The first kappa shape index (κ1) is 13.1. The Balaban J connectivity index is 2.23. The van der Waals surface area contributed by atoms with Gasteiger partial charge in [0.25, 0.3) is 0 Å². The molecule has 1 aliphatic heterocycles. The number of carbonyl (C=O) groups excluding carboxylic acids is 1. The van der Waals surface area contributed by atoms with Crippen molar-refractivity contribution in [2.75, 3.05) is 6.54 Å². The molecule has 2 fully saturated rings. The van der Waals surface area contributed by atoms with Crippen LogP contribution in [0.2, 0.25) is 0 Å². The van der Waals surface area contributed by atoms with Crippen LogP contribution in [0.3, 0.4) is 0 Å². The monoisotopic (exact) mass is 249 g/mol. The van der Waals surface area contributed by atoms with E-state index in [1.807, 2.05) is 0 Å². The SMILES string of the molecule is C=CCN1C(=O)NC(=N)C12CCCC(CC)CC2. The molecule has 0 aromatic rings. The van der Waals surface area contributed by atoms with Crippen LogP contribution in [0.1, 0.15) is 45.4 Å². The Hall–Kier alpha value is -1.32. The van der Waals surface area contributed by atoms with Crippen LogP contribution < -0.4 is 5.32 Å². The van der Waals surface area contributed by atoms with Gasteiger partial charge in [-0.3, -0.25) is 10.7 Å². The zero-order valence-electron chi connectivity index (χ0n) is 11.2. The Bertz CT molecular complexity index is 366. The maximum atomic E-state index is 11.9. The summed E-state index contributed by atoms with van der Waals surface area (Å²) < 4.78 is 0. The van der Waals surface area contributed by atoms with E-state index in [0.717, 1.165) is 31.6 Å². The summed E-state index contributed by atoms with van der Waals surface area (Å²) in [5.74, 6) is 1.14. The number of nitrogens with one attached hydrogen (secondary N) is 2. The highest BCUT2D eigenvalue weighted by atomic mass is 16.2. The molecule has 2 rings (SSSR count). The van der Waals surface area contributed by atoms with Crippen molar-refractivity contribution in [3.8, 4) is 0 Å². The Labute approximate surface area is 109 Å². The van der Waals surface area contributed by atoms with Crippen molar-refractivity contribution in [2.24, 2.45) is 5.92 Å². The molecule has 1 saturated carbocycles. The first-order chi connectivity index (χ1) is 8.64. The standard InChI is InChI=1S/C14H23N3O/c1-3-10-17-13(18)16-12(15)14(17)8-5-6-11(4-2)7-9-14/h3,11H,1,4-10H2,2H3,(H2,15,16,18). The van der Waals surface area contributed by atoms with E-state index in [9.17, 15) is 4.79 Å². The molecule has 1 saturated heterocycles. The van der Waals surface area contributed by atoms with E-state index in [2.05, 4.69) is 18.8 Å². The van der Waals surface area contributed by atoms with Gasteiger partial charge in [-0.2, -0.15) is 0 Å². The minimum atomic E-state index is -0.380. The number of hydrogen-bond acceptors (Lipinski definition) is 2. The van der Waals surface area contributed by atoms with Gasteiger partial charge >= 0.3 is 6.03 Å². The maximum absolute atomic E-state index is 11.9. The van der Waals surface area contributed by atoms with E-state index in [1.54, 1.807) is 11.0 Å². The van der Waals surface area contributed by atoms with Gasteiger partial charge in [-0.05, 0) is 25.2 Å². The van der Waals surface area contributed by atoms with E-state index in [4.69, 9.17) is 5.41 Å². The molecule has 0 radical (unpaired) electrons. The third kappa shape index (κ3) is 2.04. The third-order valence-corrected chi connectivity index (χ3v) is 4.52. The van der Waals surface area contributed by atoms with Crippen molar-refractivity contribution in [1.82, 2.24) is 10.2 Å². The summed E-state index contributed by atoms with van der Waals surface area (Å²) in [6, 6.07) is -0.130. The molecule has 100 valence electrons. The van der Waals surface area contributed by atoms with Gasteiger partial charge in [-0.1, -0.05) is 32.3 Å². The summed E-state index contributed by atoms with van der Waals surface area (Å²) in [5, 5.41) is 10.8. The van der Waals surface area contributed by atoms with Crippen molar-refractivity contribution < 1.29 is 4.79 Å². The number of carbonyl (C=O) groups is 1. The van der Waals surface area contributed by atoms with E-state index >= 15 is 0 Å². The van der Waals surface area contributed by atoms with Crippen LogP contribution in [-0.4, -0.2) is 28.9 Å². The minimum Gasteiger partial charge on any atom is -0.308 e. The summed E-state index contributed by atoms with van der Waals surface area (Å²) in [6.45, 7) is 6.49. The number of rotatable bonds is 3. The summed E-state index contributed by atoms with van der Waals surface area (Å²) >= 11 is 0. The van der Waals surface area contributed by atoms with Crippen LogP contribution in [0.25, 0.3) is 0 Å². The molecular weight excluding hydrogens is 226 g/mol. The highest BCUT2D eigenvalue weighted by Gasteiger charge is 2.49. The first-order valence-corrected chi connectivity index (χ1v) is 6.92. The highest BCUT2D eigenvalue weighted by Crippen LogP contribution is 2.38. The molecule has 2 amide bonds. The van der Waals surface area contributed by atoms with Crippen LogP contribution in [0.15, 0.2) is 12.7 Å². The molecule has 2 N–H and O–H groups in total. The Morgan fingerprint density at radius 1 is 1.56 bits per heavy atom. The lowest BCUT2D eigenvalue weighted by Gasteiger charge is -2.35. The van der Waals surface area contributed by atoms with Crippen molar-refractivity contribution in [3.05, 3.63) is 12.7 Å². The quantitative estimate of drug-likeness (QED) is 0.742. The predicted molar refractivity (Wildman–Crippen MR) is 72.8 cm³/mol. The Kier molecular flexibility index (Phi) is 3.73. The molecule has 4 nitrogen and oxygen atoms in total. The molecule has 4 heteroatoms. The number of amides is 2. The molecule has 0 aromatic carbocycles. The fourth-order valence-electron chi connectivity index (χ4n) is 3.33. The second kappa shape index (κ2) is 5.12. The largest absolute Gasteiger partial charge is 0.323 e. The van der Waals surface area contributed by atoms with Crippen molar-refractivity contribution in [1.29, 1.82) is 5.41 Å². The van der Waals surface area contributed by atoms with Crippen LogP contribution in [-0.2, 0) is 0 Å². The molecule has 1 spiro atoms. The summed E-state index contributed by atoms with van der Waals surface area (Å²) in [6.07, 6.45) is 8.22. The lowest BCUT2D eigenvalue weighted by molar-refractivity contribution is 0.171. The lowest BCUT2D eigenvalue weighted by Crippen LogP contribution is -2.49.